The lowest BCUT2D eigenvalue weighted by Gasteiger charge is -2.43. The summed E-state index contributed by atoms with van der Waals surface area (Å²) < 4.78 is 25.8. The molecule has 210 valence electrons. The molecule has 0 bridgehead atoms. The Hall–Kier alpha value is -4.29. The summed E-state index contributed by atoms with van der Waals surface area (Å²) in [6.07, 6.45) is 0. The number of nitrogens with zero attached hydrogens (tertiary/aromatic N) is 1. The highest BCUT2D eigenvalue weighted by atomic mass is 19.1. The average molecular weight is 552 g/mol. The topological polar surface area (TPSA) is 55.8 Å². The predicted octanol–water partition coefficient (Wildman–Crippen LogP) is 6.75. The molecule has 4 aromatic carbocycles. The molecule has 0 aromatic heterocycles. The number of Topliss-reactive ketones (excluding diaryl/α,β-unsaturated/α-hetero) is 2. The first-order chi connectivity index (χ1) is 19.9. The SMILES string of the molecule is COc1cccc(C(=O)[C@H]2CN(Cc3ccccc3)C[C@@H](C(=O)c3cccc(OC)c3)[C@H]2c2cccc(F)c2C)c1. The maximum atomic E-state index is 15.0. The summed E-state index contributed by atoms with van der Waals surface area (Å²) in [6.45, 7) is 3.15. The molecule has 3 atom stereocenters. The molecule has 5 nitrogen and oxygen atoms in total. The van der Waals surface area contributed by atoms with Crippen LogP contribution in [0.25, 0.3) is 0 Å². The van der Waals surface area contributed by atoms with Crippen LogP contribution in [0, 0.1) is 24.6 Å². The van der Waals surface area contributed by atoms with E-state index in [4.69, 9.17) is 9.47 Å². The molecule has 1 saturated heterocycles. The smallest absolute Gasteiger partial charge is 0.167 e. The number of carbonyl (C=O) groups is 2. The fourth-order valence-corrected chi connectivity index (χ4v) is 6.00. The Morgan fingerprint density at radius 3 is 1.83 bits per heavy atom. The second-order valence-electron chi connectivity index (χ2n) is 10.6. The van der Waals surface area contributed by atoms with E-state index in [-0.39, 0.29) is 17.4 Å². The highest BCUT2D eigenvalue weighted by Gasteiger charge is 2.45. The standard InChI is InChI=1S/C35H34FNO4/c1-23-29(16-9-17-32(23)36)33-30(34(38)25-12-7-14-27(18-25)40-2)21-37(20-24-10-5-4-6-11-24)22-31(33)35(39)26-13-8-15-28(19-26)41-3/h4-19,30-31,33H,20-22H2,1-3H3/t30-,31+,33-. The maximum absolute atomic E-state index is 15.0. The van der Waals surface area contributed by atoms with Crippen LogP contribution in [0.1, 0.15) is 43.3 Å². The van der Waals surface area contributed by atoms with Gasteiger partial charge in [0, 0.05) is 48.5 Å². The lowest BCUT2D eigenvalue weighted by Crippen LogP contribution is -2.50. The van der Waals surface area contributed by atoms with Gasteiger partial charge in [0.05, 0.1) is 14.2 Å². The molecule has 0 unspecified atom stereocenters. The van der Waals surface area contributed by atoms with Gasteiger partial charge in [-0.2, -0.15) is 0 Å². The van der Waals surface area contributed by atoms with Gasteiger partial charge in [0.25, 0.3) is 0 Å². The van der Waals surface area contributed by atoms with Crippen molar-refractivity contribution in [1.82, 2.24) is 4.90 Å². The Morgan fingerprint density at radius 2 is 1.29 bits per heavy atom. The fourth-order valence-electron chi connectivity index (χ4n) is 6.00. The number of halogens is 1. The lowest BCUT2D eigenvalue weighted by molar-refractivity contribution is 0.0553. The van der Waals surface area contributed by atoms with E-state index >= 15 is 0 Å². The molecule has 0 radical (unpaired) electrons. The zero-order valence-corrected chi connectivity index (χ0v) is 23.5. The van der Waals surface area contributed by atoms with Gasteiger partial charge in [0.2, 0.25) is 0 Å². The van der Waals surface area contributed by atoms with E-state index in [1.807, 2.05) is 36.4 Å². The van der Waals surface area contributed by atoms with E-state index in [2.05, 4.69) is 4.90 Å². The number of piperidine rings is 1. The fraction of sp³-hybridized carbons (Fsp3) is 0.257. The summed E-state index contributed by atoms with van der Waals surface area (Å²) >= 11 is 0. The van der Waals surface area contributed by atoms with Gasteiger partial charge in [-0.3, -0.25) is 14.5 Å². The van der Waals surface area contributed by atoms with Crippen molar-refractivity contribution in [3.8, 4) is 11.5 Å². The Morgan fingerprint density at radius 1 is 0.756 bits per heavy atom. The number of hydrogen-bond donors (Lipinski definition) is 0. The second-order valence-corrected chi connectivity index (χ2v) is 10.6. The quantitative estimate of drug-likeness (QED) is 0.216. The van der Waals surface area contributed by atoms with Crippen molar-refractivity contribution in [2.24, 2.45) is 11.8 Å². The summed E-state index contributed by atoms with van der Waals surface area (Å²) in [7, 11) is 3.13. The van der Waals surface area contributed by atoms with E-state index in [1.54, 1.807) is 75.7 Å². The van der Waals surface area contributed by atoms with Gasteiger partial charge in [0.15, 0.2) is 11.6 Å². The van der Waals surface area contributed by atoms with Gasteiger partial charge in [-0.15, -0.1) is 0 Å². The molecule has 5 rings (SSSR count). The molecule has 1 heterocycles. The number of ketones is 2. The van der Waals surface area contributed by atoms with Crippen LogP contribution >= 0.6 is 0 Å². The van der Waals surface area contributed by atoms with E-state index in [9.17, 15) is 14.0 Å². The van der Waals surface area contributed by atoms with E-state index < -0.39 is 17.8 Å². The van der Waals surface area contributed by atoms with Crippen molar-refractivity contribution < 1.29 is 23.5 Å². The Kier molecular flexibility index (Phi) is 8.60. The number of ether oxygens (including phenoxy) is 2. The van der Waals surface area contributed by atoms with Crippen molar-refractivity contribution in [3.05, 3.63) is 131 Å². The molecule has 0 saturated carbocycles. The van der Waals surface area contributed by atoms with Crippen LogP contribution in [0.2, 0.25) is 0 Å². The third-order valence-electron chi connectivity index (χ3n) is 8.08. The molecule has 0 N–H and O–H groups in total. The van der Waals surface area contributed by atoms with Gasteiger partial charge in [-0.1, -0.05) is 66.7 Å². The van der Waals surface area contributed by atoms with Crippen LogP contribution in [-0.2, 0) is 6.54 Å². The first-order valence-corrected chi connectivity index (χ1v) is 13.8. The number of benzene rings is 4. The zero-order valence-electron chi connectivity index (χ0n) is 23.5. The first kappa shape index (κ1) is 28.2. The van der Waals surface area contributed by atoms with E-state index in [1.165, 1.54) is 6.07 Å². The number of carbonyl (C=O) groups excluding carboxylic acids is 2. The van der Waals surface area contributed by atoms with Crippen molar-refractivity contribution in [3.63, 3.8) is 0 Å². The number of rotatable bonds is 9. The number of likely N-dealkylation sites (tertiary alicyclic amines) is 1. The van der Waals surface area contributed by atoms with Crippen molar-refractivity contribution in [2.75, 3.05) is 27.3 Å². The average Bonchev–Trinajstić information content (AvgIpc) is 3.02. The summed E-state index contributed by atoms with van der Waals surface area (Å²) in [6, 6.07) is 29.1. The second kappa shape index (κ2) is 12.5. The van der Waals surface area contributed by atoms with Crippen molar-refractivity contribution in [1.29, 1.82) is 0 Å². The van der Waals surface area contributed by atoms with Crippen LogP contribution in [0.4, 0.5) is 4.39 Å². The zero-order chi connectivity index (χ0) is 28.9. The highest BCUT2D eigenvalue weighted by molar-refractivity contribution is 6.02. The minimum Gasteiger partial charge on any atom is -0.497 e. The van der Waals surface area contributed by atoms with E-state index in [0.717, 1.165) is 5.56 Å². The van der Waals surface area contributed by atoms with Gasteiger partial charge in [0.1, 0.15) is 17.3 Å². The Bertz CT molecular complexity index is 1470. The summed E-state index contributed by atoms with van der Waals surface area (Å²) in [5, 5.41) is 0. The third kappa shape index (κ3) is 6.08. The van der Waals surface area contributed by atoms with Crippen molar-refractivity contribution >= 4 is 11.6 Å². The van der Waals surface area contributed by atoms with Gasteiger partial charge in [-0.25, -0.2) is 4.39 Å². The Labute approximate surface area is 240 Å². The Balaban J connectivity index is 1.64. The van der Waals surface area contributed by atoms with Gasteiger partial charge in [-0.05, 0) is 53.9 Å². The predicted molar refractivity (Wildman–Crippen MR) is 157 cm³/mol. The summed E-state index contributed by atoms with van der Waals surface area (Å²) in [5.41, 5.74) is 3.24. The summed E-state index contributed by atoms with van der Waals surface area (Å²) in [5.74, 6) is -1.12. The molecule has 0 aliphatic carbocycles. The normalized spacial score (nSPS) is 19.0. The molecule has 41 heavy (non-hydrogen) atoms. The van der Waals surface area contributed by atoms with Crippen LogP contribution in [0.3, 0.4) is 0 Å². The molecule has 1 fully saturated rings. The molecular formula is C35H34FNO4. The maximum Gasteiger partial charge on any atom is 0.167 e. The molecule has 1 aliphatic rings. The minimum atomic E-state index is -0.598. The van der Waals surface area contributed by atoms with Crippen LogP contribution in [0.15, 0.2) is 97.1 Å². The molecule has 0 spiro atoms. The van der Waals surface area contributed by atoms with E-state index in [0.29, 0.717) is 53.4 Å². The van der Waals surface area contributed by atoms with Gasteiger partial charge < -0.3 is 9.47 Å². The third-order valence-corrected chi connectivity index (χ3v) is 8.08. The molecule has 1 aliphatic heterocycles. The van der Waals surface area contributed by atoms with Crippen LogP contribution < -0.4 is 9.47 Å². The first-order valence-electron chi connectivity index (χ1n) is 13.8. The molecule has 4 aromatic rings. The van der Waals surface area contributed by atoms with Crippen LogP contribution in [0.5, 0.6) is 11.5 Å². The molecule has 0 amide bonds. The monoisotopic (exact) mass is 551 g/mol. The molecular weight excluding hydrogens is 517 g/mol. The van der Waals surface area contributed by atoms with Crippen LogP contribution in [-0.4, -0.2) is 43.8 Å². The molecule has 6 heteroatoms. The summed E-state index contributed by atoms with van der Waals surface area (Å²) in [4.78, 5) is 30.9. The largest absolute Gasteiger partial charge is 0.497 e. The number of hydrogen-bond acceptors (Lipinski definition) is 5. The highest BCUT2D eigenvalue weighted by Crippen LogP contribution is 2.43. The lowest BCUT2D eigenvalue weighted by atomic mass is 9.67. The van der Waals surface area contributed by atoms with Crippen molar-refractivity contribution in [2.45, 2.75) is 19.4 Å². The number of methoxy groups -OCH3 is 2. The van der Waals surface area contributed by atoms with Gasteiger partial charge >= 0.3 is 0 Å². The minimum absolute atomic E-state index is 0.0984.